The molecule has 0 bridgehead atoms. The summed E-state index contributed by atoms with van der Waals surface area (Å²) in [6.45, 7) is 0. The summed E-state index contributed by atoms with van der Waals surface area (Å²) in [6, 6.07) is 15.0. The van der Waals surface area contributed by atoms with E-state index in [-0.39, 0.29) is 0 Å². The Balaban J connectivity index is 2.16. The molecule has 0 unspecified atom stereocenters. The van der Waals surface area contributed by atoms with E-state index in [1.807, 2.05) is 6.07 Å². The Morgan fingerprint density at radius 2 is 1.65 bits per heavy atom. The van der Waals surface area contributed by atoms with Gasteiger partial charge in [0.2, 0.25) is 0 Å². The fraction of sp³-hybridized carbons (Fsp3) is 0.250. The average Bonchev–Trinajstić information content (AvgIpc) is 2.85. The van der Waals surface area contributed by atoms with Crippen molar-refractivity contribution < 1.29 is 4.74 Å². The lowest BCUT2D eigenvalue weighted by Crippen LogP contribution is -1.92. The van der Waals surface area contributed by atoms with Gasteiger partial charge in [-0.05, 0) is 48.1 Å². The lowest BCUT2D eigenvalue weighted by atomic mass is 9.99. The summed E-state index contributed by atoms with van der Waals surface area (Å²) in [5, 5.41) is 0. The first-order valence-corrected chi connectivity index (χ1v) is 6.13. The van der Waals surface area contributed by atoms with Crippen molar-refractivity contribution >= 4 is 0 Å². The molecule has 1 aliphatic carbocycles. The summed E-state index contributed by atoms with van der Waals surface area (Å²) in [4.78, 5) is 0. The molecular weight excluding hydrogens is 208 g/mol. The standard InChI is InChI=1S/C16H16O/c1-17-16-11-14-9-5-8-13(14)10-15(16)12-6-3-2-4-7-12/h2-4,6-7,10-11H,5,8-9H2,1H3. The van der Waals surface area contributed by atoms with Crippen LogP contribution in [0.4, 0.5) is 0 Å². The van der Waals surface area contributed by atoms with E-state index >= 15 is 0 Å². The van der Waals surface area contributed by atoms with Crippen molar-refractivity contribution in [1.29, 1.82) is 0 Å². The zero-order valence-corrected chi connectivity index (χ0v) is 10.1. The molecule has 0 saturated heterocycles. The summed E-state index contributed by atoms with van der Waals surface area (Å²) in [6.07, 6.45) is 3.68. The summed E-state index contributed by atoms with van der Waals surface area (Å²) in [7, 11) is 1.75. The topological polar surface area (TPSA) is 9.23 Å². The average molecular weight is 224 g/mol. The van der Waals surface area contributed by atoms with Crippen LogP contribution in [0.5, 0.6) is 5.75 Å². The van der Waals surface area contributed by atoms with Crippen molar-refractivity contribution in [3.05, 3.63) is 53.6 Å². The van der Waals surface area contributed by atoms with Gasteiger partial charge in [0, 0.05) is 5.56 Å². The number of aryl methyl sites for hydroxylation is 2. The maximum Gasteiger partial charge on any atom is 0.126 e. The van der Waals surface area contributed by atoms with Gasteiger partial charge in [-0.25, -0.2) is 0 Å². The Kier molecular flexibility index (Phi) is 2.60. The molecule has 1 heteroatoms. The monoisotopic (exact) mass is 224 g/mol. The number of ether oxygens (including phenoxy) is 1. The van der Waals surface area contributed by atoms with Gasteiger partial charge >= 0.3 is 0 Å². The van der Waals surface area contributed by atoms with Gasteiger partial charge in [-0.1, -0.05) is 30.3 Å². The Hall–Kier alpha value is -1.76. The molecule has 0 aliphatic heterocycles. The van der Waals surface area contributed by atoms with Crippen LogP contribution in [0, 0.1) is 0 Å². The first-order chi connectivity index (χ1) is 8.38. The van der Waals surface area contributed by atoms with Crippen molar-refractivity contribution in [1.82, 2.24) is 0 Å². The number of benzene rings is 2. The zero-order chi connectivity index (χ0) is 11.7. The normalized spacial score (nSPS) is 13.5. The highest BCUT2D eigenvalue weighted by Crippen LogP contribution is 2.35. The molecule has 86 valence electrons. The molecule has 0 N–H and O–H groups in total. The summed E-state index contributed by atoms with van der Waals surface area (Å²) >= 11 is 0. The molecule has 17 heavy (non-hydrogen) atoms. The fourth-order valence-electron chi connectivity index (χ4n) is 2.61. The smallest absolute Gasteiger partial charge is 0.126 e. The zero-order valence-electron chi connectivity index (χ0n) is 10.1. The van der Waals surface area contributed by atoms with Gasteiger partial charge in [0.15, 0.2) is 0 Å². The van der Waals surface area contributed by atoms with Crippen molar-refractivity contribution in [3.63, 3.8) is 0 Å². The second-order valence-electron chi connectivity index (χ2n) is 4.54. The quantitative estimate of drug-likeness (QED) is 0.752. The molecule has 0 aromatic heterocycles. The van der Waals surface area contributed by atoms with E-state index in [1.54, 1.807) is 7.11 Å². The summed E-state index contributed by atoms with van der Waals surface area (Å²) < 4.78 is 5.53. The predicted octanol–water partition coefficient (Wildman–Crippen LogP) is 3.85. The highest BCUT2D eigenvalue weighted by Gasteiger charge is 2.15. The van der Waals surface area contributed by atoms with Crippen LogP contribution in [-0.4, -0.2) is 7.11 Å². The van der Waals surface area contributed by atoms with Crippen LogP contribution >= 0.6 is 0 Å². The van der Waals surface area contributed by atoms with Gasteiger partial charge in [-0.15, -0.1) is 0 Å². The van der Waals surface area contributed by atoms with Crippen LogP contribution in [0.25, 0.3) is 11.1 Å². The molecule has 0 spiro atoms. The number of hydrogen-bond acceptors (Lipinski definition) is 1. The van der Waals surface area contributed by atoms with E-state index in [1.165, 1.54) is 41.5 Å². The minimum Gasteiger partial charge on any atom is -0.496 e. The van der Waals surface area contributed by atoms with Crippen molar-refractivity contribution in [2.24, 2.45) is 0 Å². The molecular formula is C16H16O. The largest absolute Gasteiger partial charge is 0.496 e. The van der Waals surface area contributed by atoms with E-state index in [9.17, 15) is 0 Å². The number of fused-ring (bicyclic) bond motifs is 1. The van der Waals surface area contributed by atoms with Gasteiger partial charge in [0.1, 0.15) is 5.75 Å². The molecule has 0 fully saturated rings. The van der Waals surface area contributed by atoms with Gasteiger partial charge in [0.25, 0.3) is 0 Å². The Morgan fingerprint density at radius 1 is 0.941 bits per heavy atom. The molecule has 0 radical (unpaired) electrons. The Bertz CT molecular complexity index is 529. The minimum atomic E-state index is 0.997. The van der Waals surface area contributed by atoms with Crippen LogP contribution in [0.3, 0.4) is 0 Å². The first kappa shape index (κ1) is 10.4. The molecule has 0 amide bonds. The maximum absolute atomic E-state index is 5.53. The van der Waals surface area contributed by atoms with E-state index < -0.39 is 0 Å². The lowest BCUT2D eigenvalue weighted by Gasteiger charge is -2.11. The molecule has 2 aromatic rings. The highest BCUT2D eigenvalue weighted by molar-refractivity contribution is 5.72. The van der Waals surface area contributed by atoms with Gasteiger partial charge < -0.3 is 4.74 Å². The van der Waals surface area contributed by atoms with E-state index in [2.05, 4.69) is 36.4 Å². The van der Waals surface area contributed by atoms with Crippen LogP contribution in [-0.2, 0) is 12.8 Å². The number of methoxy groups -OCH3 is 1. The lowest BCUT2D eigenvalue weighted by molar-refractivity contribution is 0.416. The van der Waals surface area contributed by atoms with E-state index in [4.69, 9.17) is 4.74 Å². The Morgan fingerprint density at radius 3 is 2.35 bits per heavy atom. The number of hydrogen-bond donors (Lipinski definition) is 0. The van der Waals surface area contributed by atoms with Crippen LogP contribution < -0.4 is 4.74 Å². The second kappa shape index (κ2) is 4.25. The fourth-order valence-corrected chi connectivity index (χ4v) is 2.61. The molecule has 1 nitrogen and oxygen atoms in total. The maximum atomic E-state index is 5.53. The molecule has 0 heterocycles. The number of rotatable bonds is 2. The SMILES string of the molecule is COc1cc2c(cc1-c1ccccc1)CCC2. The van der Waals surface area contributed by atoms with Crippen LogP contribution in [0.2, 0.25) is 0 Å². The molecule has 1 aliphatic rings. The van der Waals surface area contributed by atoms with Crippen molar-refractivity contribution in [2.75, 3.05) is 7.11 Å². The molecule has 0 saturated carbocycles. The van der Waals surface area contributed by atoms with E-state index in [0.717, 1.165) is 5.75 Å². The molecule has 2 aromatic carbocycles. The third-order valence-corrected chi connectivity index (χ3v) is 3.50. The van der Waals surface area contributed by atoms with Gasteiger partial charge in [-0.2, -0.15) is 0 Å². The molecule has 3 rings (SSSR count). The molecule has 0 atom stereocenters. The first-order valence-electron chi connectivity index (χ1n) is 6.13. The second-order valence-corrected chi connectivity index (χ2v) is 4.54. The summed E-state index contributed by atoms with van der Waals surface area (Å²) in [5.74, 6) is 0.997. The third-order valence-electron chi connectivity index (χ3n) is 3.50. The summed E-state index contributed by atoms with van der Waals surface area (Å²) in [5.41, 5.74) is 5.40. The van der Waals surface area contributed by atoms with Crippen LogP contribution in [0.1, 0.15) is 17.5 Å². The van der Waals surface area contributed by atoms with Gasteiger partial charge in [-0.3, -0.25) is 0 Å². The van der Waals surface area contributed by atoms with Crippen LogP contribution in [0.15, 0.2) is 42.5 Å². The minimum absolute atomic E-state index is 0.997. The van der Waals surface area contributed by atoms with E-state index in [0.29, 0.717) is 0 Å². The third kappa shape index (κ3) is 1.82. The predicted molar refractivity (Wildman–Crippen MR) is 70.5 cm³/mol. The van der Waals surface area contributed by atoms with Gasteiger partial charge in [0.05, 0.1) is 7.11 Å². The highest BCUT2D eigenvalue weighted by atomic mass is 16.5. The van der Waals surface area contributed by atoms with Crippen molar-refractivity contribution in [3.8, 4) is 16.9 Å². The van der Waals surface area contributed by atoms with Crippen molar-refractivity contribution in [2.45, 2.75) is 19.3 Å². The Labute approximate surface area is 102 Å².